The van der Waals surface area contributed by atoms with Crippen LogP contribution in [0.15, 0.2) is 23.2 Å². The summed E-state index contributed by atoms with van der Waals surface area (Å²) in [5, 5.41) is 9.55. The van der Waals surface area contributed by atoms with Crippen molar-refractivity contribution >= 4 is 29.3 Å². The quantitative estimate of drug-likeness (QED) is 0.490. The van der Waals surface area contributed by atoms with Crippen LogP contribution in [0.4, 0.5) is 0 Å². The zero-order valence-corrected chi connectivity index (χ0v) is 14.0. The van der Waals surface area contributed by atoms with Crippen molar-refractivity contribution in [2.45, 2.75) is 25.7 Å². The summed E-state index contributed by atoms with van der Waals surface area (Å²) in [5.74, 6) is -0.383. The maximum atomic E-state index is 11.6. The van der Waals surface area contributed by atoms with Crippen LogP contribution in [0.2, 0.25) is 0 Å². The number of pyridine rings is 1. The predicted octanol–water partition coefficient (Wildman–Crippen LogP) is 3.73. The van der Waals surface area contributed by atoms with Gasteiger partial charge >= 0.3 is 5.97 Å². The Morgan fingerprint density at radius 1 is 1.50 bits per heavy atom. The molecular formula is C17H18N2O2S. The highest BCUT2D eigenvalue weighted by atomic mass is 32.2. The first-order valence-electron chi connectivity index (χ1n) is 6.98. The first-order chi connectivity index (χ1) is 10.5. The summed E-state index contributed by atoms with van der Waals surface area (Å²) < 4.78 is 6.88. The van der Waals surface area contributed by atoms with Gasteiger partial charge < -0.3 is 9.14 Å². The van der Waals surface area contributed by atoms with E-state index in [0.717, 1.165) is 27.2 Å². The van der Waals surface area contributed by atoms with Crippen LogP contribution in [0.5, 0.6) is 0 Å². The lowest BCUT2D eigenvalue weighted by Crippen LogP contribution is -1.99. The van der Waals surface area contributed by atoms with E-state index >= 15 is 0 Å². The number of carbonyl (C=O) groups excluding carboxylic acids is 1. The molecule has 0 aliphatic heterocycles. The zero-order chi connectivity index (χ0) is 16.3. The normalized spacial score (nSPS) is 11.0. The summed E-state index contributed by atoms with van der Waals surface area (Å²) in [7, 11) is 0. The van der Waals surface area contributed by atoms with Crippen LogP contribution in [-0.2, 0) is 9.53 Å². The van der Waals surface area contributed by atoms with Gasteiger partial charge in [-0.05, 0) is 50.3 Å². The molecule has 2 rings (SSSR count). The van der Waals surface area contributed by atoms with Gasteiger partial charge in [0.15, 0.2) is 0 Å². The monoisotopic (exact) mass is 314 g/mol. The molecule has 2 aromatic heterocycles. The number of thioether (sulfide) groups is 1. The molecular weight excluding hydrogens is 296 g/mol. The molecule has 5 heteroatoms. The third kappa shape index (κ3) is 2.75. The molecule has 114 valence electrons. The summed E-state index contributed by atoms with van der Waals surface area (Å²) in [6.07, 6.45) is 6.98. The Kier molecular flexibility index (Phi) is 4.94. The van der Waals surface area contributed by atoms with Gasteiger partial charge in [-0.15, -0.1) is 11.8 Å². The van der Waals surface area contributed by atoms with E-state index in [-0.39, 0.29) is 5.97 Å². The molecule has 22 heavy (non-hydrogen) atoms. The lowest BCUT2D eigenvalue weighted by molar-refractivity contribution is -0.137. The second kappa shape index (κ2) is 6.71. The average Bonchev–Trinajstić information content (AvgIpc) is 2.82. The van der Waals surface area contributed by atoms with E-state index in [0.29, 0.717) is 12.2 Å². The molecule has 0 aliphatic rings. The Hall–Kier alpha value is -2.19. The Morgan fingerprint density at radius 3 is 2.82 bits per heavy atom. The number of carbonyl (C=O) groups is 1. The number of aromatic nitrogens is 1. The van der Waals surface area contributed by atoms with E-state index < -0.39 is 0 Å². The van der Waals surface area contributed by atoms with Crippen molar-refractivity contribution in [2.24, 2.45) is 0 Å². The maximum Gasteiger partial charge on any atom is 0.330 e. The Morgan fingerprint density at radius 2 is 2.23 bits per heavy atom. The van der Waals surface area contributed by atoms with Crippen molar-refractivity contribution < 1.29 is 9.53 Å². The minimum absolute atomic E-state index is 0.342. The fourth-order valence-corrected chi connectivity index (χ4v) is 3.13. The highest BCUT2D eigenvalue weighted by molar-refractivity contribution is 7.98. The van der Waals surface area contributed by atoms with Gasteiger partial charge in [0.1, 0.15) is 6.07 Å². The van der Waals surface area contributed by atoms with Gasteiger partial charge in [0.05, 0.1) is 28.3 Å². The van der Waals surface area contributed by atoms with Crippen LogP contribution in [0, 0.1) is 25.2 Å². The van der Waals surface area contributed by atoms with E-state index in [9.17, 15) is 10.1 Å². The van der Waals surface area contributed by atoms with Crippen molar-refractivity contribution in [3.05, 3.63) is 40.7 Å². The van der Waals surface area contributed by atoms with Gasteiger partial charge in [-0.2, -0.15) is 5.26 Å². The molecule has 0 aromatic carbocycles. The lowest BCUT2D eigenvalue weighted by Gasteiger charge is -2.05. The molecule has 0 radical (unpaired) electrons. The number of esters is 1. The molecule has 0 bridgehead atoms. The molecule has 2 heterocycles. The fourth-order valence-electron chi connectivity index (χ4n) is 2.41. The third-order valence-corrected chi connectivity index (χ3v) is 4.42. The van der Waals surface area contributed by atoms with Gasteiger partial charge in [-0.25, -0.2) is 4.79 Å². The largest absolute Gasteiger partial charge is 0.463 e. The Bertz CT molecular complexity index is 797. The van der Waals surface area contributed by atoms with Gasteiger partial charge in [0.25, 0.3) is 0 Å². The predicted molar refractivity (Wildman–Crippen MR) is 89.0 cm³/mol. The second-order valence-corrected chi connectivity index (χ2v) is 5.65. The van der Waals surface area contributed by atoms with E-state index in [1.54, 1.807) is 13.0 Å². The summed E-state index contributed by atoms with van der Waals surface area (Å²) in [6.45, 7) is 6.14. The minimum Gasteiger partial charge on any atom is -0.463 e. The molecule has 0 saturated carbocycles. The first-order valence-corrected chi connectivity index (χ1v) is 8.20. The van der Waals surface area contributed by atoms with Crippen molar-refractivity contribution in [2.75, 3.05) is 12.9 Å². The van der Waals surface area contributed by atoms with Crippen molar-refractivity contribution in [3.63, 3.8) is 0 Å². The van der Waals surface area contributed by atoms with E-state index in [1.165, 1.54) is 17.8 Å². The van der Waals surface area contributed by atoms with Crippen LogP contribution < -0.4 is 0 Å². The molecule has 0 spiro atoms. The number of aryl methyl sites for hydroxylation is 2. The summed E-state index contributed by atoms with van der Waals surface area (Å²) in [6, 6.07) is 4.31. The number of hydrogen-bond donors (Lipinski definition) is 0. The molecule has 0 amide bonds. The third-order valence-electron chi connectivity index (χ3n) is 3.60. The van der Waals surface area contributed by atoms with Gasteiger partial charge in [0, 0.05) is 12.3 Å². The van der Waals surface area contributed by atoms with Crippen molar-refractivity contribution in [1.29, 1.82) is 5.26 Å². The summed E-state index contributed by atoms with van der Waals surface area (Å²) in [5.41, 5.74) is 4.59. The van der Waals surface area contributed by atoms with Crippen molar-refractivity contribution in [3.8, 4) is 6.07 Å². The molecule has 0 saturated heterocycles. The van der Waals surface area contributed by atoms with Crippen LogP contribution in [0.3, 0.4) is 0 Å². The molecule has 0 N–H and O–H groups in total. The molecule has 0 unspecified atom stereocenters. The number of fused-ring (bicyclic) bond motifs is 1. The van der Waals surface area contributed by atoms with E-state index in [1.807, 2.05) is 36.8 Å². The molecule has 0 fully saturated rings. The topological polar surface area (TPSA) is 54.5 Å². The fraction of sp³-hybridized carbons (Fsp3) is 0.294. The SMILES string of the molecule is CCOC(=O)/C=C/c1c(SC)c(C#N)c2c(C)c(C)ccn12. The van der Waals surface area contributed by atoms with Gasteiger partial charge in [-0.1, -0.05) is 0 Å². The maximum absolute atomic E-state index is 11.6. The lowest BCUT2D eigenvalue weighted by atomic mass is 10.1. The molecule has 0 atom stereocenters. The van der Waals surface area contributed by atoms with E-state index in [4.69, 9.17) is 4.74 Å². The number of ether oxygens (including phenoxy) is 1. The smallest absolute Gasteiger partial charge is 0.330 e. The molecule has 4 nitrogen and oxygen atoms in total. The highest BCUT2D eigenvalue weighted by Crippen LogP contribution is 2.34. The Labute approximate surface area is 134 Å². The van der Waals surface area contributed by atoms with Crippen LogP contribution >= 0.6 is 11.8 Å². The van der Waals surface area contributed by atoms with Gasteiger partial charge in [-0.3, -0.25) is 0 Å². The van der Waals surface area contributed by atoms with Crippen molar-refractivity contribution in [1.82, 2.24) is 4.40 Å². The number of nitrogens with zero attached hydrogens (tertiary/aromatic N) is 2. The number of hydrogen-bond acceptors (Lipinski definition) is 4. The van der Waals surface area contributed by atoms with Gasteiger partial charge in [0.2, 0.25) is 0 Å². The van der Waals surface area contributed by atoms with Crippen LogP contribution in [0.25, 0.3) is 11.6 Å². The standard InChI is InChI=1S/C17H18N2O2S/c1-5-21-15(20)7-6-14-17(22-4)13(10-18)16-12(3)11(2)8-9-19(14)16/h6-9H,5H2,1-4H3/b7-6+. The molecule has 2 aromatic rings. The second-order valence-electron chi connectivity index (χ2n) is 4.83. The number of rotatable bonds is 4. The summed E-state index contributed by atoms with van der Waals surface area (Å²) in [4.78, 5) is 12.4. The van der Waals surface area contributed by atoms with Crippen LogP contribution in [0.1, 0.15) is 29.3 Å². The zero-order valence-electron chi connectivity index (χ0n) is 13.1. The highest BCUT2D eigenvalue weighted by Gasteiger charge is 2.18. The molecule has 0 aliphatic carbocycles. The first kappa shape index (κ1) is 16.2. The van der Waals surface area contributed by atoms with Crippen LogP contribution in [-0.4, -0.2) is 23.2 Å². The van der Waals surface area contributed by atoms with E-state index in [2.05, 4.69) is 6.07 Å². The minimum atomic E-state index is -0.383. The average molecular weight is 314 g/mol. The Balaban J connectivity index is 2.71. The summed E-state index contributed by atoms with van der Waals surface area (Å²) >= 11 is 1.51. The number of nitriles is 1.